The number of ketones is 1. The van der Waals surface area contributed by atoms with Gasteiger partial charge in [0.15, 0.2) is 12.4 Å². The molecule has 1 aliphatic carbocycles. The molecule has 0 aromatic heterocycles. The van der Waals surface area contributed by atoms with Crippen LogP contribution in [0.3, 0.4) is 0 Å². The third-order valence-electron chi connectivity index (χ3n) is 3.11. The maximum absolute atomic E-state index is 11.9. The van der Waals surface area contributed by atoms with Gasteiger partial charge >= 0.3 is 0 Å². The van der Waals surface area contributed by atoms with Gasteiger partial charge in [0.2, 0.25) is 0 Å². The molecule has 1 aromatic rings. The first-order valence-corrected chi connectivity index (χ1v) is 5.82. The van der Waals surface area contributed by atoms with Crippen molar-refractivity contribution in [3.8, 4) is 5.75 Å². The van der Waals surface area contributed by atoms with E-state index in [1.165, 1.54) is 0 Å². The lowest BCUT2D eigenvalue weighted by atomic mass is 10.0. The second-order valence-electron chi connectivity index (χ2n) is 4.62. The molecule has 88 valence electrons. The lowest BCUT2D eigenvalue weighted by Gasteiger charge is -2.18. The zero-order chi connectivity index (χ0) is 11.8. The van der Waals surface area contributed by atoms with E-state index in [1.54, 1.807) is 18.2 Å². The molecule has 17 heavy (non-hydrogen) atoms. The van der Waals surface area contributed by atoms with Crippen LogP contribution in [0.25, 0.3) is 0 Å². The van der Waals surface area contributed by atoms with E-state index in [0.717, 1.165) is 12.8 Å². The Bertz CT molecular complexity index is 491. The highest BCUT2D eigenvalue weighted by Crippen LogP contribution is 2.35. The van der Waals surface area contributed by atoms with Gasteiger partial charge in [-0.25, -0.2) is 0 Å². The van der Waals surface area contributed by atoms with Gasteiger partial charge < -0.3 is 10.1 Å². The van der Waals surface area contributed by atoms with Gasteiger partial charge in [-0.2, -0.15) is 0 Å². The molecule has 0 unspecified atom stereocenters. The van der Waals surface area contributed by atoms with Crippen molar-refractivity contribution in [2.45, 2.75) is 19.3 Å². The quantitative estimate of drug-likeness (QED) is 0.809. The highest BCUT2D eigenvalue weighted by Gasteiger charge is 2.25. The molecule has 1 heterocycles. The van der Waals surface area contributed by atoms with Crippen LogP contribution in [0.1, 0.15) is 29.6 Å². The number of ether oxygens (including phenoxy) is 1. The van der Waals surface area contributed by atoms with Crippen LogP contribution in [0.15, 0.2) is 18.2 Å². The Hall–Kier alpha value is -1.84. The van der Waals surface area contributed by atoms with Gasteiger partial charge in [0.1, 0.15) is 5.75 Å². The van der Waals surface area contributed by atoms with Gasteiger partial charge in [0.05, 0.1) is 5.69 Å². The molecule has 1 amide bonds. The summed E-state index contributed by atoms with van der Waals surface area (Å²) in [6.07, 6.45) is 2.95. The Balaban J connectivity index is 1.83. The molecule has 1 aliphatic heterocycles. The highest BCUT2D eigenvalue weighted by atomic mass is 16.5. The van der Waals surface area contributed by atoms with Crippen LogP contribution in [-0.2, 0) is 4.79 Å². The number of rotatable bonds is 3. The van der Waals surface area contributed by atoms with Crippen LogP contribution in [-0.4, -0.2) is 18.3 Å². The molecule has 0 atom stereocenters. The molecule has 1 aromatic carbocycles. The monoisotopic (exact) mass is 231 g/mol. The number of fused-ring (bicyclic) bond motifs is 1. The largest absolute Gasteiger partial charge is 0.482 e. The summed E-state index contributed by atoms with van der Waals surface area (Å²) in [6, 6.07) is 5.22. The third-order valence-corrected chi connectivity index (χ3v) is 3.11. The van der Waals surface area contributed by atoms with Crippen molar-refractivity contribution < 1.29 is 14.3 Å². The maximum Gasteiger partial charge on any atom is 0.262 e. The first-order chi connectivity index (χ1) is 8.22. The number of benzene rings is 1. The second kappa shape index (κ2) is 3.87. The van der Waals surface area contributed by atoms with Crippen molar-refractivity contribution in [1.29, 1.82) is 0 Å². The molecule has 1 fully saturated rings. The number of nitrogens with one attached hydrogen (secondary N) is 1. The smallest absolute Gasteiger partial charge is 0.262 e. The molecule has 0 saturated heterocycles. The van der Waals surface area contributed by atoms with Crippen LogP contribution in [0, 0.1) is 5.92 Å². The van der Waals surface area contributed by atoms with E-state index >= 15 is 0 Å². The molecule has 3 rings (SSSR count). The summed E-state index contributed by atoms with van der Waals surface area (Å²) < 4.78 is 5.24. The number of carbonyl (C=O) groups excluding carboxylic acids is 2. The van der Waals surface area contributed by atoms with Gasteiger partial charge in [0, 0.05) is 12.0 Å². The topological polar surface area (TPSA) is 55.4 Å². The standard InChI is InChI=1S/C13H13NO3/c15-11(5-8-1-2-8)9-3-4-12-10(6-9)14-13(16)7-17-12/h3-4,6,8H,1-2,5,7H2,(H,14,16). The zero-order valence-corrected chi connectivity index (χ0v) is 9.36. The second-order valence-corrected chi connectivity index (χ2v) is 4.62. The van der Waals surface area contributed by atoms with Gasteiger partial charge in [-0.1, -0.05) is 0 Å². The molecular weight excluding hydrogens is 218 g/mol. The van der Waals surface area contributed by atoms with Crippen molar-refractivity contribution in [2.75, 3.05) is 11.9 Å². The van der Waals surface area contributed by atoms with E-state index in [2.05, 4.69) is 5.32 Å². The van der Waals surface area contributed by atoms with Crippen molar-refractivity contribution in [2.24, 2.45) is 5.92 Å². The van der Waals surface area contributed by atoms with Gasteiger partial charge in [0.25, 0.3) is 5.91 Å². The minimum Gasteiger partial charge on any atom is -0.482 e. The first-order valence-electron chi connectivity index (χ1n) is 5.82. The predicted octanol–water partition coefficient (Wildman–Crippen LogP) is 2.00. The minimum absolute atomic E-state index is 0.0440. The fraction of sp³-hybridized carbons (Fsp3) is 0.385. The van der Waals surface area contributed by atoms with E-state index in [0.29, 0.717) is 29.3 Å². The lowest BCUT2D eigenvalue weighted by molar-refractivity contribution is -0.118. The molecule has 1 N–H and O–H groups in total. The summed E-state index contributed by atoms with van der Waals surface area (Å²) in [5.74, 6) is 1.18. The van der Waals surface area contributed by atoms with Crippen LogP contribution < -0.4 is 10.1 Å². The van der Waals surface area contributed by atoms with Crippen LogP contribution in [0.4, 0.5) is 5.69 Å². The Labute approximate surface area is 99.0 Å². The summed E-state index contributed by atoms with van der Waals surface area (Å²) >= 11 is 0. The van der Waals surface area contributed by atoms with Gasteiger partial charge in [-0.3, -0.25) is 9.59 Å². The minimum atomic E-state index is -0.177. The molecule has 1 saturated carbocycles. The Morgan fingerprint density at radius 3 is 3.00 bits per heavy atom. The summed E-state index contributed by atoms with van der Waals surface area (Å²) in [7, 11) is 0. The molecule has 2 aliphatic rings. The number of carbonyl (C=O) groups is 2. The molecule has 4 heteroatoms. The highest BCUT2D eigenvalue weighted by molar-refractivity contribution is 6.00. The summed E-state index contributed by atoms with van der Waals surface area (Å²) in [4.78, 5) is 23.1. The van der Waals surface area contributed by atoms with Crippen molar-refractivity contribution in [3.63, 3.8) is 0 Å². The third kappa shape index (κ3) is 2.16. The predicted molar refractivity (Wildman–Crippen MR) is 62.2 cm³/mol. The molecule has 4 nitrogen and oxygen atoms in total. The normalized spacial score (nSPS) is 18.0. The summed E-state index contributed by atoms with van der Waals surface area (Å²) in [6.45, 7) is 0.0440. The van der Waals surface area contributed by atoms with Crippen LogP contribution in [0.5, 0.6) is 5.75 Å². The fourth-order valence-electron chi connectivity index (χ4n) is 1.96. The van der Waals surface area contributed by atoms with Crippen molar-refractivity contribution in [1.82, 2.24) is 0 Å². The molecular formula is C13H13NO3. The average Bonchev–Trinajstić information content (AvgIpc) is 3.12. The van der Waals surface area contributed by atoms with Crippen molar-refractivity contribution in [3.05, 3.63) is 23.8 Å². The van der Waals surface area contributed by atoms with E-state index in [1.807, 2.05) is 0 Å². The number of Topliss-reactive ketones (excluding diaryl/α,β-unsaturated/α-hetero) is 1. The zero-order valence-electron chi connectivity index (χ0n) is 9.36. The Morgan fingerprint density at radius 1 is 1.41 bits per heavy atom. The number of amides is 1. The van der Waals surface area contributed by atoms with E-state index < -0.39 is 0 Å². The number of anilines is 1. The van der Waals surface area contributed by atoms with Gasteiger partial charge in [-0.15, -0.1) is 0 Å². The van der Waals surface area contributed by atoms with E-state index in [-0.39, 0.29) is 18.3 Å². The summed E-state index contributed by atoms with van der Waals surface area (Å²) in [5, 5.41) is 2.71. The van der Waals surface area contributed by atoms with E-state index in [9.17, 15) is 9.59 Å². The Morgan fingerprint density at radius 2 is 2.24 bits per heavy atom. The summed E-state index contributed by atoms with van der Waals surface area (Å²) in [5.41, 5.74) is 1.25. The molecule has 0 radical (unpaired) electrons. The number of hydrogen-bond donors (Lipinski definition) is 1. The lowest BCUT2D eigenvalue weighted by Crippen LogP contribution is -2.25. The van der Waals surface area contributed by atoms with Crippen molar-refractivity contribution >= 4 is 17.4 Å². The Kier molecular flexibility index (Phi) is 2.35. The SMILES string of the molecule is O=C1COc2ccc(C(=O)CC3CC3)cc2N1. The van der Waals surface area contributed by atoms with Crippen LogP contribution in [0.2, 0.25) is 0 Å². The maximum atomic E-state index is 11.9. The molecule has 0 bridgehead atoms. The first kappa shape index (κ1) is 10.3. The average molecular weight is 231 g/mol. The van der Waals surface area contributed by atoms with Crippen LogP contribution >= 0.6 is 0 Å². The van der Waals surface area contributed by atoms with Gasteiger partial charge in [-0.05, 0) is 37.0 Å². The molecule has 0 spiro atoms. The van der Waals surface area contributed by atoms with E-state index in [4.69, 9.17) is 4.74 Å². The number of hydrogen-bond acceptors (Lipinski definition) is 3. The fourth-order valence-corrected chi connectivity index (χ4v) is 1.96.